The number of hydrogen-bond donors (Lipinski definition) is 3. The van der Waals surface area contributed by atoms with Crippen molar-refractivity contribution in [1.29, 1.82) is 0 Å². The molecule has 19 heavy (non-hydrogen) atoms. The van der Waals surface area contributed by atoms with E-state index in [1.165, 1.54) is 0 Å². The number of aromatic nitrogens is 2. The normalized spacial score (nSPS) is 24.2. The molecule has 1 aliphatic rings. The quantitative estimate of drug-likeness (QED) is 0.760. The Hall–Kier alpha value is -1.36. The van der Waals surface area contributed by atoms with Crippen LogP contribution in [0.15, 0.2) is 6.07 Å². The minimum absolute atomic E-state index is 0.0247. The first-order chi connectivity index (χ1) is 8.86. The molecule has 1 saturated carbocycles. The summed E-state index contributed by atoms with van der Waals surface area (Å²) < 4.78 is 0. The highest BCUT2D eigenvalue weighted by atomic mass is 16.2. The van der Waals surface area contributed by atoms with E-state index in [-0.39, 0.29) is 17.4 Å². The second-order valence-corrected chi connectivity index (χ2v) is 6.50. The highest BCUT2D eigenvalue weighted by molar-refractivity contribution is 5.92. The van der Waals surface area contributed by atoms with Crippen LogP contribution in [-0.4, -0.2) is 28.2 Å². The number of carbonyl (C=O) groups excluding carboxylic acids is 1. The average molecular weight is 264 g/mol. The van der Waals surface area contributed by atoms with Gasteiger partial charge in [-0.2, -0.15) is 5.10 Å². The molecule has 106 valence electrons. The van der Waals surface area contributed by atoms with Gasteiger partial charge >= 0.3 is 0 Å². The third-order valence-corrected chi connectivity index (χ3v) is 3.73. The van der Waals surface area contributed by atoms with Crippen molar-refractivity contribution < 1.29 is 4.79 Å². The van der Waals surface area contributed by atoms with Crippen molar-refractivity contribution in [2.45, 2.75) is 64.0 Å². The number of H-pyrrole nitrogens is 1. The molecule has 1 fully saturated rings. The molecule has 0 bridgehead atoms. The first-order valence-corrected chi connectivity index (χ1v) is 6.98. The lowest BCUT2D eigenvalue weighted by atomic mass is 9.91. The molecule has 1 aromatic rings. The summed E-state index contributed by atoms with van der Waals surface area (Å²) in [6, 6.07) is 2.37. The van der Waals surface area contributed by atoms with E-state index in [1.807, 2.05) is 6.07 Å². The number of aromatic amines is 1. The number of nitrogens with one attached hydrogen (secondary N) is 2. The van der Waals surface area contributed by atoms with Crippen molar-refractivity contribution >= 4 is 5.91 Å². The Balaban J connectivity index is 1.95. The zero-order chi connectivity index (χ0) is 14.0. The predicted molar refractivity (Wildman–Crippen MR) is 75.0 cm³/mol. The highest BCUT2D eigenvalue weighted by Crippen LogP contribution is 2.21. The van der Waals surface area contributed by atoms with Gasteiger partial charge in [0.15, 0.2) is 0 Å². The van der Waals surface area contributed by atoms with E-state index in [4.69, 9.17) is 5.73 Å². The van der Waals surface area contributed by atoms with Crippen molar-refractivity contribution in [2.24, 2.45) is 5.73 Å². The van der Waals surface area contributed by atoms with Crippen molar-refractivity contribution in [2.75, 3.05) is 0 Å². The van der Waals surface area contributed by atoms with Gasteiger partial charge in [-0.25, -0.2) is 0 Å². The molecule has 1 aromatic heterocycles. The van der Waals surface area contributed by atoms with E-state index < -0.39 is 0 Å². The minimum atomic E-state index is -0.0905. The summed E-state index contributed by atoms with van der Waals surface area (Å²) in [6.45, 7) is 6.26. The fourth-order valence-corrected chi connectivity index (χ4v) is 2.35. The summed E-state index contributed by atoms with van der Waals surface area (Å²) in [5.41, 5.74) is 7.28. The van der Waals surface area contributed by atoms with E-state index in [1.54, 1.807) is 0 Å². The van der Waals surface area contributed by atoms with Gasteiger partial charge in [-0.1, -0.05) is 20.8 Å². The van der Waals surface area contributed by atoms with Crippen LogP contribution in [0.5, 0.6) is 0 Å². The van der Waals surface area contributed by atoms with E-state index >= 15 is 0 Å². The maximum Gasteiger partial charge on any atom is 0.271 e. The number of rotatable bonds is 2. The maximum absolute atomic E-state index is 12.1. The zero-order valence-electron chi connectivity index (χ0n) is 12.0. The van der Waals surface area contributed by atoms with E-state index in [2.05, 4.69) is 36.3 Å². The second-order valence-electron chi connectivity index (χ2n) is 6.50. The third kappa shape index (κ3) is 3.56. The predicted octanol–water partition coefficient (Wildman–Crippen LogP) is 1.71. The summed E-state index contributed by atoms with van der Waals surface area (Å²) >= 11 is 0. The Morgan fingerprint density at radius 3 is 2.53 bits per heavy atom. The summed E-state index contributed by atoms with van der Waals surface area (Å²) in [6.07, 6.45) is 3.89. The fourth-order valence-electron chi connectivity index (χ4n) is 2.35. The van der Waals surface area contributed by atoms with Crippen LogP contribution in [0.4, 0.5) is 0 Å². The molecule has 0 saturated heterocycles. The molecule has 0 radical (unpaired) electrons. The average Bonchev–Trinajstić information content (AvgIpc) is 2.81. The molecular formula is C14H24N4O. The van der Waals surface area contributed by atoms with Crippen LogP contribution in [0.3, 0.4) is 0 Å². The van der Waals surface area contributed by atoms with Crippen LogP contribution in [-0.2, 0) is 5.41 Å². The Bertz CT molecular complexity index is 439. The largest absolute Gasteiger partial charge is 0.348 e. The van der Waals surface area contributed by atoms with Crippen LogP contribution in [0.2, 0.25) is 0 Å². The number of hydrogen-bond acceptors (Lipinski definition) is 3. The number of nitrogens with zero attached hydrogens (tertiary/aromatic N) is 1. The molecular weight excluding hydrogens is 240 g/mol. The molecule has 0 aliphatic heterocycles. The van der Waals surface area contributed by atoms with Gasteiger partial charge in [0.25, 0.3) is 5.91 Å². The number of amides is 1. The Morgan fingerprint density at radius 2 is 2.00 bits per heavy atom. The van der Waals surface area contributed by atoms with Gasteiger partial charge in [-0.05, 0) is 31.7 Å². The van der Waals surface area contributed by atoms with Gasteiger partial charge in [0, 0.05) is 23.2 Å². The Labute approximate surface area is 114 Å². The van der Waals surface area contributed by atoms with Gasteiger partial charge in [0.05, 0.1) is 0 Å². The summed E-state index contributed by atoms with van der Waals surface area (Å²) in [5, 5.41) is 10.1. The van der Waals surface area contributed by atoms with Gasteiger partial charge in [-0.3, -0.25) is 9.89 Å². The van der Waals surface area contributed by atoms with Crippen LogP contribution >= 0.6 is 0 Å². The summed E-state index contributed by atoms with van der Waals surface area (Å²) in [4.78, 5) is 12.1. The highest BCUT2D eigenvalue weighted by Gasteiger charge is 2.23. The molecule has 1 heterocycles. The van der Waals surface area contributed by atoms with Crippen molar-refractivity contribution in [3.8, 4) is 0 Å². The van der Waals surface area contributed by atoms with Crippen molar-refractivity contribution in [1.82, 2.24) is 15.5 Å². The SMILES string of the molecule is CC(C)(C)c1cc(C(=O)NC2CCC(N)CC2)n[nH]1. The zero-order valence-corrected chi connectivity index (χ0v) is 12.0. The lowest BCUT2D eigenvalue weighted by Crippen LogP contribution is -2.40. The van der Waals surface area contributed by atoms with Crippen LogP contribution in [0, 0.1) is 0 Å². The molecule has 2 rings (SSSR count). The Morgan fingerprint density at radius 1 is 1.37 bits per heavy atom. The maximum atomic E-state index is 12.1. The second kappa shape index (κ2) is 5.33. The van der Waals surface area contributed by atoms with E-state index in [9.17, 15) is 4.79 Å². The molecule has 0 spiro atoms. The Kier molecular flexibility index (Phi) is 3.94. The third-order valence-electron chi connectivity index (χ3n) is 3.73. The first-order valence-electron chi connectivity index (χ1n) is 6.98. The minimum Gasteiger partial charge on any atom is -0.348 e. The van der Waals surface area contributed by atoms with Gasteiger partial charge in [0.1, 0.15) is 5.69 Å². The molecule has 5 nitrogen and oxygen atoms in total. The lowest BCUT2D eigenvalue weighted by Gasteiger charge is -2.26. The van der Waals surface area contributed by atoms with Gasteiger partial charge < -0.3 is 11.1 Å². The van der Waals surface area contributed by atoms with Crippen LogP contribution < -0.4 is 11.1 Å². The molecule has 0 atom stereocenters. The summed E-state index contributed by atoms with van der Waals surface area (Å²) in [5.74, 6) is -0.0905. The fraction of sp³-hybridized carbons (Fsp3) is 0.714. The van der Waals surface area contributed by atoms with Crippen molar-refractivity contribution in [3.63, 3.8) is 0 Å². The molecule has 1 aliphatic carbocycles. The monoisotopic (exact) mass is 264 g/mol. The molecule has 1 amide bonds. The van der Waals surface area contributed by atoms with Crippen LogP contribution in [0.25, 0.3) is 0 Å². The molecule has 5 heteroatoms. The van der Waals surface area contributed by atoms with E-state index in [0.29, 0.717) is 11.7 Å². The number of carbonyl (C=O) groups is 1. The van der Waals surface area contributed by atoms with Crippen LogP contribution in [0.1, 0.15) is 62.6 Å². The molecule has 4 N–H and O–H groups in total. The number of nitrogens with two attached hydrogens (primary N) is 1. The van der Waals surface area contributed by atoms with E-state index in [0.717, 1.165) is 31.4 Å². The smallest absolute Gasteiger partial charge is 0.271 e. The first kappa shape index (κ1) is 14.1. The lowest BCUT2D eigenvalue weighted by molar-refractivity contribution is 0.0921. The molecule has 0 unspecified atom stereocenters. The topological polar surface area (TPSA) is 83.8 Å². The van der Waals surface area contributed by atoms with Gasteiger partial charge in [-0.15, -0.1) is 0 Å². The molecule has 0 aromatic carbocycles. The summed E-state index contributed by atoms with van der Waals surface area (Å²) in [7, 11) is 0. The van der Waals surface area contributed by atoms with Crippen molar-refractivity contribution in [3.05, 3.63) is 17.5 Å². The standard InChI is InChI=1S/C14H24N4O/c1-14(2,3)12-8-11(17-18-12)13(19)16-10-6-4-9(15)5-7-10/h8-10H,4-7,15H2,1-3H3,(H,16,19)(H,17,18). The van der Waals surface area contributed by atoms with Gasteiger partial charge in [0.2, 0.25) is 0 Å².